The van der Waals surface area contributed by atoms with Crippen LogP contribution in [0.25, 0.3) is 0 Å². The van der Waals surface area contributed by atoms with Gasteiger partial charge in [-0.3, -0.25) is 0 Å². The Morgan fingerprint density at radius 3 is 1.77 bits per heavy atom. The van der Waals surface area contributed by atoms with Crippen molar-refractivity contribution in [1.29, 1.82) is 0 Å². The summed E-state index contributed by atoms with van der Waals surface area (Å²) in [5, 5.41) is 0. The summed E-state index contributed by atoms with van der Waals surface area (Å²) in [7, 11) is 0. The van der Waals surface area contributed by atoms with E-state index in [1.54, 1.807) is 0 Å². The summed E-state index contributed by atoms with van der Waals surface area (Å²) in [6.45, 7) is 8.81. The van der Waals surface area contributed by atoms with Gasteiger partial charge in [0.2, 0.25) is 0 Å². The van der Waals surface area contributed by atoms with Gasteiger partial charge in [0.25, 0.3) is 0 Å². The van der Waals surface area contributed by atoms with Gasteiger partial charge in [-0.05, 0) is 105 Å². The second-order valence-electron chi connectivity index (χ2n) is 7.79. The molecule has 1 aliphatic carbocycles. The monoisotopic (exact) mass is 340 g/mol. The van der Waals surface area contributed by atoms with Gasteiger partial charge in [0, 0.05) is 22.6 Å². The SMILES string of the molecule is Cc1cc(C#Cc2ccc(C#CC3CCC(C)CC3)cc2)cc(C)c1C. The molecule has 2 aromatic rings. The van der Waals surface area contributed by atoms with Crippen LogP contribution in [0, 0.1) is 56.3 Å². The van der Waals surface area contributed by atoms with E-state index in [1.165, 1.54) is 42.4 Å². The first-order valence-corrected chi connectivity index (χ1v) is 9.73. The molecule has 0 aromatic heterocycles. The van der Waals surface area contributed by atoms with Crippen molar-refractivity contribution in [2.45, 2.75) is 53.4 Å². The quantitative estimate of drug-likeness (QED) is 0.502. The van der Waals surface area contributed by atoms with Crippen molar-refractivity contribution in [2.75, 3.05) is 0 Å². The van der Waals surface area contributed by atoms with Gasteiger partial charge < -0.3 is 0 Å². The highest BCUT2D eigenvalue weighted by Gasteiger charge is 2.15. The molecule has 0 aliphatic heterocycles. The number of hydrogen-bond donors (Lipinski definition) is 0. The molecule has 0 spiro atoms. The van der Waals surface area contributed by atoms with Gasteiger partial charge in [0.1, 0.15) is 0 Å². The average molecular weight is 341 g/mol. The largest absolute Gasteiger partial charge is 0.0945 e. The smallest absolute Gasteiger partial charge is 0.0254 e. The Morgan fingerprint density at radius 1 is 0.692 bits per heavy atom. The van der Waals surface area contributed by atoms with Gasteiger partial charge in [-0.25, -0.2) is 0 Å². The molecule has 0 bridgehead atoms. The van der Waals surface area contributed by atoms with Crippen LogP contribution in [-0.4, -0.2) is 0 Å². The van der Waals surface area contributed by atoms with Crippen LogP contribution in [0.3, 0.4) is 0 Å². The highest BCUT2D eigenvalue weighted by atomic mass is 14.2. The summed E-state index contributed by atoms with van der Waals surface area (Å²) in [6.07, 6.45) is 5.16. The minimum atomic E-state index is 0.582. The highest BCUT2D eigenvalue weighted by Crippen LogP contribution is 2.27. The molecule has 26 heavy (non-hydrogen) atoms. The third-order valence-corrected chi connectivity index (χ3v) is 5.60. The fourth-order valence-corrected chi connectivity index (χ4v) is 3.48. The Bertz CT molecular complexity index is 860. The summed E-state index contributed by atoms with van der Waals surface area (Å²) in [5.41, 5.74) is 7.18. The molecule has 0 unspecified atom stereocenters. The van der Waals surface area contributed by atoms with Gasteiger partial charge in [-0.1, -0.05) is 30.6 Å². The first kappa shape index (κ1) is 18.4. The van der Waals surface area contributed by atoms with Crippen LogP contribution in [0.1, 0.15) is 66.0 Å². The molecule has 1 fully saturated rings. The van der Waals surface area contributed by atoms with Crippen LogP contribution in [0.15, 0.2) is 36.4 Å². The van der Waals surface area contributed by atoms with Crippen molar-refractivity contribution in [2.24, 2.45) is 11.8 Å². The summed E-state index contributed by atoms with van der Waals surface area (Å²) < 4.78 is 0. The Hall–Kier alpha value is -2.44. The molecule has 132 valence electrons. The second kappa shape index (κ2) is 8.29. The minimum Gasteiger partial charge on any atom is -0.0945 e. The predicted molar refractivity (Wildman–Crippen MR) is 111 cm³/mol. The van der Waals surface area contributed by atoms with Crippen LogP contribution in [0.4, 0.5) is 0 Å². The molecule has 1 aliphatic rings. The summed E-state index contributed by atoms with van der Waals surface area (Å²) >= 11 is 0. The molecule has 2 aromatic carbocycles. The first-order valence-electron chi connectivity index (χ1n) is 9.73. The molecule has 0 heteroatoms. The van der Waals surface area contributed by atoms with Crippen molar-refractivity contribution >= 4 is 0 Å². The van der Waals surface area contributed by atoms with Gasteiger partial charge in [0.05, 0.1) is 0 Å². The van der Waals surface area contributed by atoms with Gasteiger partial charge >= 0.3 is 0 Å². The Labute approximate surface area is 159 Å². The van der Waals surface area contributed by atoms with E-state index >= 15 is 0 Å². The lowest BCUT2D eigenvalue weighted by molar-refractivity contribution is 0.337. The molecule has 0 atom stereocenters. The molecular formula is C26H28. The van der Waals surface area contributed by atoms with Crippen LogP contribution >= 0.6 is 0 Å². The molecule has 0 heterocycles. The lowest BCUT2D eigenvalue weighted by Gasteiger charge is -2.21. The number of benzene rings is 2. The molecule has 0 amide bonds. The summed E-state index contributed by atoms with van der Waals surface area (Å²) in [5.74, 6) is 14.8. The van der Waals surface area contributed by atoms with Gasteiger partial charge in [0.15, 0.2) is 0 Å². The molecule has 0 radical (unpaired) electrons. The first-order chi connectivity index (χ1) is 12.5. The molecule has 0 saturated heterocycles. The zero-order chi connectivity index (χ0) is 18.5. The number of hydrogen-bond acceptors (Lipinski definition) is 0. The highest BCUT2D eigenvalue weighted by molar-refractivity contribution is 5.49. The van der Waals surface area contributed by atoms with E-state index in [-0.39, 0.29) is 0 Å². The maximum absolute atomic E-state index is 3.47. The topological polar surface area (TPSA) is 0 Å². The van der Waals surface area contributed by atoms with Crippen LogP contribution in [0.2, 0.25) is 0 Å². The lowest BCUT2D eigenvalue weighted by atomic mass is 9.83. The van der Waals surface area contributed by atoms with E-state index in [4.69, 9.17) is 0 Å². The third kappa shape index (κ3) is 4.80. The number of aryl methyl sites for hydroxylation is 2. The lowest BCUT2D eigenvalue weighted by Crippen LogP contribution is -2.10. The second-order valence-corrected chi connectivity index (χ2v) is 7.79. The van der Waals surface area contributed by atoms with Crippen molar-refractivity contribution in [3.8, 4) is 23.7 Å². The maximum Gasteiger partial charge on any atom is 0.0254 e. The Balaban J connectivity index is 1.68. The fraction of sp³-hybridized carbons (Fsp3) is 0.385. The van der Waals surface area contributed by atoms with Crippen molar-refractivity contribution < 1.29 is 0 Å². The van der Waals surface area contributed by atoms with E-state index in [0.29, 0.717) is 5.92 Å². The van der Waals surface area contributed by atoms with Crippen LogP contribution in [-0.2, 0) is 0 Å². The third-order valence-electron chi connectivity index (χ3n) is 5.60. The normalized spacial score (nSPS) is 19.1. The van der Waals surface area contributed by atoms with Gasteiger partial charge in [-0.15, -0.1) is 0 Å². The van der Waals surface area contributed by atoms with E-state index < -0.39 is 0 Å². The van der Waals surface area contributed by atoms with E-state index in [1.807, 2.05) is 0 Å². The van der Waals surface area contributed by atoms with Gasteiger partial charge in [-0.2, -0.15) is 0 Å². The van der Waals surface area contributed by atoms with Crippen LogP contribution in [0.5, 0.6) is 0 Å². The zero-order valence-electron chi connectivity index (χ0n) is 16.4. The van der Waals surface area contributed by atoms with Crippen molar-refractivity contribution in [3.63, 3.8) is 0 Å². The maximum atomic E-state index is 3.47. The molecular weight excluding hydrogens is 312 g/mol. The zero-order valence-corrected chi connectivity index (χ0v) is 16.4. The summed E-state index contributed by atoms with van der Waals surface area (Å²) in [6, 6.07) is 12.7. The minimum absolute atomic E-state index is 0.582. The van der Waals surface area contributed by atoms with E-state index in [2.05, 4.69) is 87.8 Å². The Morgan fingerprint density at radius 2 is 1.19 bits per heavy atom. The predicted octanol–water partition coefficient (Wildman–Crippen LogP) is 6.19. The van der Waals surface area contributed by atoms with Crippen molar-refractivity contribution in [1.82, 2.24) is 0 Å². The molecule has 1 saturated carbocycles. The average Bonchev–Trinajstić information content (AvgIpc) is 2.64. The number of rotatable bonds is 0. The molecule has 0 nitrogen and oxygen atoms in total. The Kier molecular flexibility index (Phi) is 5.85. The molecule has 3 rings (SSSR count). The van der Waals surface area contributed by atoms with E-state index in [0.717, 1.165) is 22.6 Å². The summed E-state index contributed by atoms with van der Waals surface area (Å²) in [4.78, 5) is 0. The standard InChI is InChI=1S/C26H28/c1-19-5-7-23(8-6-19)9-10-24-11-13-25(14-12-24)15-16-26-17-20(2)22(4)21(3)18-26/h11-14,17-19,23H,5-8H2,1-4H3. The van der Waals surface area contributed by atoms with Crippen molar-refractivity contribution in [3.05, 3.63) is 69.8 Å². The van der Waals surface area contributed by atoms with Crippen LogP contribution < -0.4 is 0 Å². The molecule has 0 N–H and O–H groups in total. The van der Waals surface area contributed by atoms with E-state index in [9.17, 15) is 0 Å². The fourth-order valence-electron chi connectivity index (χ4n) is 3.48.